The van der Waals surface area contributed by atoms with E-state index >= 15 is 0 Å². The van der Waals surface area contributed by atoms with Gasteiger partial charge in [-0.1, -0.05) is 11.6 Å². The van der Waals surface area contributed by atoms with E-state index in [1.54, 1.807) is 0 Å². The zero-order valence-corrected chi connectivity index (χ0v) is 8.08. The van der Waals surface area contributed by atoms with Crippen LogP contribution in [0, 0.1) is 0 Å². The first kappa shape index (κ1) is 11.5. The highest BCUT2D eigenvalue weighted by atomic mass is 35.5. The van der Waals surface area contributed by atoms with E-state index in [1.165, 1.54) is 0 Å². The molecule has 0 saturated carbocycles. The molecule has 0 aliphatic rings. The van der Waals surface area contributed by atoms with E-state index in [-0.39, 0.29) is 9.92 Å². The first-order valence-electron chi connectivity index (χ1n) is 3.30. The molecule has 1 aromatic carbocycles. The third-order valence-corrected chi connectivity index (χ3v) is 2.60. The molecule has 0 amide bonds. The van der Waals surface area contributed by atoms with Gasteiger partial charge in [-0.2, -0.15) is 13.2 Å². The van der Waals surface area contributed by atoms with Crippen molar-refractivity contribution in [2.24, 2.45) is 0 Å². The Balaban J connectivity index is 3.20. The number of hydrogen-bond donors (Lipinski definition) is 1. The third-order valence-electron chi connectivity index (χ3n) is 1.45. The Labute approximate surface area is 85.0 Å². The summed E-state index contributed by atoms with van der Waals surface area (Å²) in [5.41, 5.74) is -0.948. The van der Waals surface area contributed by atoms with Gasteiger partial charge >= 0.3 is 6.18 Å². The van der Waals surface area contributed by atoms with E-state index in [2.05, 4.69) is 0 Å². The molecular weight excluding hydrogens is 241 g/mol. The predicted molar refractivity (Wildman–Crippen MR) is 45.5 cm³/mol. The summed E-state index contributed by atoms with van der Waals surface area (Å²) in [5.74, 6) is 0. The monoisotopic (exact) mass is 244 g/mol. The topological polar surface area (TPSA) is 37.3 Å². The van der Waals surface area contributed by atoms with Crippen LogP contribution in [-0.4, -0.2) is 8.76 Å². The van der Waals surface area contributed by atoms with Crippen LogP contribution in [0.3, 0.4) is 0 Å². The van der Waals surface area contributed by atoms with Gasteiger partial charge in [0.1, 0.15) is 0 Å². The van der Waals surface area contributed by atoms with E-state index < -0.39 is 22.8 Å². The van der Waals surface area contributed by atoms with Crippen LogP contribution in [0.15, 0.2) is 23.1 Å². The second kappa shape index (κ2) is 3.88. The molecule has 0 spiro atoms. The molecule has 0 aliphatic heterocycles. The largest absolute Gasteiger partial charge is 0.416 e. The van der Waals surface area contributed by atoms with Crippen LogP contribution in [0.5, 0.6) is 0 Å². The quantitative estimate of drug-likeness (QED) is 0.771. The fourth-order valence-electron chi connectivity index (χ4n) is 0.819. The Morgan fingerprint density at radius 2 is 1.93 bits per heavy atom. The standard InChI is InChI=1S/C7H4ClF3O2S/c8-5-3-4(7(9,10)11)1-2-6(5)14(12)13/h1-3H,(H,12,13). The normalized spacial score (nSPS) is 14.1. The van der Waals surface area contributed by atoms with Crippen molar-refractivity contribution >= 4 is 22.7 Å². The summed E-state index contributed by atoms with van der Waals surface area (Å²) < 4.78 is 55.4. The number of benzene rings is 1. The summed E-state index contributed by atoms with van der Waals surface area (Å²) in [5, 5.41) is -0.374. The van der Waals surface area contributed by atoms with Crippen LogP contribution in [-0.2, 0) is 17.3 Å². The Hall–Kier alpha value is -0.590. The van der Waals surface area contributed by atoms with Crippen molar-refractivity contribution in [3.05, 3.63) is 28.8 Å². The van der Waals surface area contributed by atoms with Gasteiger partial charge in [-0.3, -0.25) is 0 Å². The lowest BCUT2D eigenvalue weighted by Crippen LogP contribution is -2.05. The lowest BCUT2D eigenvalue weighted by molar-refractivity contribution is -0.137. The fourth-order valence-corrected chi connectivity index (χ4v) is 1.61. The summed E-state index contributed by atoms with van der Waals surface area (Å²) in [6.45, 7) is 0. The Kier molecular flexibility index (Phi) is 3.18. The van der Waals surface area contributed by atoms with Crippen molar-refractivity contribution < 1.29 is 21.9 Å². The summed E-state index contributed by atoms with van der Waals surface area (Å²) in [6.07, 6.45) is -4.50. The maximum absolute atomic E-state index is 12.1. The molecule has 0 saturated heterocycles. The lowest BCUT2D eigenvalue weighted by atomic mass is 10.2. The van der Waals surface area contributed by atoms with Gasteiger partial charge in [-0.25, -0.2) is 4.21 Å². The minimum absolute atomic E-state index is 0.236. The molecule has 0 aliphatic carbocycles. The first-order valence-corrected chi connectivity index (χ1v) is 4.78. The summed E-state index contributed by atoms with van der Waals surface area (Å²) in [4.78, 5) is -0.236. The maximum Gasteiger partial charge on any atom is 0.416 e. The Morgan fingerprint density at radius 1 is 1.36 bits per heavy atom. The minimum Gasteiger partial charge on any atom is -0.302 e. The molecule has 7 heteroatoms. The molecule has 1 N–H and O–H groups in total. The van der Waals surface area contributed by atoms with Crippen LogP contribution in [0.4, 0.5) is 13.2 Å². The van der Waals surface area contributed by atoms with Crippen molar-refractivity contribution in [3.8, 4) is 0 Å². The third kappa shape index (κ3) is 2.46. The molecule has 14 heavy (non-hydrogen) atoms. The van der Waals surface area contributed by atoms with E-state index in [9.17, 15) is 17.4 Å². The molecule has 0 bridgehead atoms. The Morgan fingerprint density at radius 3 is 2.29 bits per heavy atom. The molecule has 1 unspecified atom stereocenters. The van der Waals surface area contributed by atoms with Gasteiger partial charge in [0.15, 0.2) is 11.1 Å². The summed E-state index contributed by atoms with van der Waals surface area (Å²) in [6, 6.07) is 2.20. The molecule has 0 heterocycles. The average molecular weight is 245 g/mol. The number of halogens is 4. The van der Waals surface area contributed by atoms with Crippen molar-refractivity contribution in [1.82, 2.24) is 0 Å². The molecule has 1 aromatic rings. The molecule has 0 radical (unpaired) electrons. The molecule has 1 rings (SSSR count). The minimum atomic E-state index is -4.50. The fraction of sp³-hybridized carbons (Fsp3) is 0.143. The second-order valence-electron chi connectivity index (χ2n) is 2.39. The lowest BCUT2D eigenvalue weighted by Gasteiger charge is -2.07. The zero-order valence-electron chi connectivity index (χ0n) is 6.51. The van der Waals surface area contributed by atoms with Crippen LogP contribution in [0.2, 0.25) is 5.02 Å². The van der Waals surface area contributed by atoms with Crippen LogP contribution >= 0.6 is 11.6 Å². The molecule has 2 nitrogen and oxygen atoms in total. The summed E-state index contributed by atoms with van der Waals surface area (Å²) in [7, 11) is 0. The van der Waals surface area contributed by atoms with Crippen LogP contribution in [0.25, 0.3) is 0 Å². The van der Waals surface area contributed by atoms with Crippen molar-refractivity contribution in [2.45, 2.75) is 11.1 Å². The average Bonchev–Trinajstić information content (AvgIpc) is 2.01. The predicted octanol–water partition coefficient (Wildman–Crippen LogP) is 2.94. The highest BCUT2D eigenvalue weighted by molar-refractivity contribution is 7.79. The number of alkyl halides is 3. The molecule has 0 fully saturated rings. The molecule has 0 aromatic heterocycles. The van der Waals surface area contributed by atoms with E-state index in [1.807, 2.05) is 0 Å². The van der Waals surface area contributed by atoms with Gasteiger partial charge in [-0.05, 0) is 18.2 Å². The first-order chi connectivity index (χ1) is 6.32. The van der Waals surface area contributed by atoms with Gasteiger partial charge < -0.3 is 4.55 Å². The maximum atomic E-state index is 12.1. The van der Waals surface area contributed by atoms with Crippen molar-refractivity contribution in [2.75, 3.05) is 0 Å². The SMILES string of the molecule is O=S(O)c1ccc(C(F)(F)F)cc1Cl. The Bertz CT molecular complexity index is 378. The molecule has 1 atom stereocenters. The van der Waals surface area contributed by atoms with E-state index in [4.69, 9.17) is 16.2 Å². The highest BCUT2D eigenvalue weighted by Gasteiger charge is 2.31. The molecule has 78 valence electrons. The highest BCUT2D eigenvalue weighted by Crippen LogP contribution is 2.32. The zero-order chi connectivity index (χ0) is 10.9. The van der Waals surface area contributed by atoms with E-state index in [0.29, 0.717) is 12.1 Å². The van der Waals surface area contributed by atoms with Gasteiger partial charge in [0, 0.05) is 0 Å². The van der Waals surface area contributed by atoms with Gasteiger partial charge in [0.2, 0.25) is 0 Å². The van der Waals surface area contributed by atoms with Gasteiger partial charge in [0.25, 0.3) is 0 Å². The van der Waals surface area contributed by atoms with Gasteiger partial charge in [0.05, 0.1) is 15.5 Å². The summed E-state index contributed by atoms with van der Waals surface area (Å²) >= 11 is 3.00. The second-order valence-corrected chi connectivity index (χ2v) is 3.74. The van der Waals surface area contributed by atoms with Crippen molar-refractivity contribution in [3.63, 3.8) is 0 Å². The van der Waals surface area contributed by atoms with E-state index in [0.717, 1.165) is 6.07 Å². The molecular formula is C7H4ClF3O2S. The number of hydrogen-bond acceptors (Lipinski definition) is 1. The smallest absolute Gasteiger partial charge is 0.302 e. The number of rotatable bonds is 1. The van der Waals surface area contributed by atoms with Crippen LogP contribution < -0.4 is 0 Å². The van der Waals surface area contributed by atoms with Gasteiger partial charge in [-0.15, -0.1) is 0 Å². The van der Waals surface area contributed by atoms with Crippen molar-refractivity contribution in [1.29, 1.82) is 0 Å². The van der Waals surface area contributed by atoms with Crippen LogP contribution in [0.1, 0.15) is 5.56 Å².